The fourth-order valence-corrected chi connectivity index (χ4v) is 7.19. The zero-order valence-electron chi connectivity index (χ0n) is 25.7. The lowest BCUT2D eigenvalue weighted by Crippen LogP contribution is -2.46. The number of likely N-dealkylation sites (tertiary alicyclic amines) is 1. The summed E-state index contributed by atoms with van der Waals surface area (Å²) in [5, 5.41) is 9.80. The highest BCUT2D eigenvalue weighted by atomic mass is 19.1. The zero-order chi connectivity index (χ0) is 30.3. The summed E-state index contributed by atoms with van der Waals surface area (Å²) in [6.07, 6.45) is 8.50. The summed E-state index contributed by atoms with van der Waals surface area (Å²) in [5.74, 6) is 0.0809. The molecule has 2 unspecified atom stereocenters. The van der Waals surface area contributed by atoms with E-state index in [9.17, 15) is 9.90 Å². The number of aryl methyl sites for hydroxylation is 1. The second-order valence-corrected chi connectivity index (χ2v) is 13.3. The largest absolute Gasteiger partial charge is 0.485 e. The molecular weight excluding hydrogens is 543 g/mol. The molecule has 2 fully saturated rings. The minimum atomic E-state index is -0.748. The number of aliphatic carboxylic acids is 1. The molecule has 0 amide bonds. The molecular formula is C36H43FN2O4. The fraction of sp³-hybridized carbons (Fsp3) is 0.500. The van der Waals surface area contributed by atoms with Crippen molar-refractivity contribution in [1.82, 2.24) is 9.88 Å². The number of hydrogen-bond donors (Lipinski definition) is 1. The first-order valence-electron chi connectivity index (χ1n) is 15.7. The highest BCUT2D eigenvalue weighted by molar-refractivity contribution is 5.71. The Morgan fingerprint density at radius 1 is 1.16 bits per heavy atom. The zero-order valence-corrected chi connectivity index (χ0v) is 25.7. The Bertz CT molecular complexity index is 1500. The number of halogens is 1. The molecule has 0 bridgehead atoms. The maximum absolute atomic E-state index is 15.0. The maximum atomic E-state index is 15.0. The van der Waals surface area contributed by atoms with Crippen molar-refractivity contribution in [2.45, 2.75) is 89.8 Å². The third-order valence-electron chi connectivity index (χ3n) is 10.0. The van der Waals surface area contributed by atoms with Gasteiger partial charge in [0, 0.05) is 23.7 Å². The van der Waals surface area contributed by atoms with E-state index in [0.29, 0.717) is 17.4 Å². The second kappa shape index (κ2) is 11.9. The lowest BCUT2D eigenvalue weighted by Gasteiger charge is -2.43. The van der Waals surface area contributed by atoms with Gasteiger partial charge in [0.15, 0.2) is 0 Å². The number of carbonyl (C=O) groups is 1. The number of aromatic nitrogens is 1. The highest BCUT2D eigenvalue weighted by Crippen LogP contribution is 2.48. The van der Waals surface area contributed by atoms with Gasteiger partial charge >= 0.3 is 5.97 Å². The number of rotatable bonds is 9. The number of benzene rings is 2. The predicted octanol–water partition coefficient (Wildman–Crippen LogP) is 7.94. The molecule has 1 aliphatic carbocycles. The topological polar surface area (TPSA) is 71.9 Å². The summed E-state index contributed by atoms with van der Waals surface area (Å²) in [4.78, 5) is 18.5. The molecule has 1 N–H and O–H groups in total. The molecule has 1 saturated carbocycles. The lowest BCUT2D eigenvalue weighted by atomic mass is 9.82. The highest BCUT2D eigenvalue weighted by Gasteiger charge is 2.39. The van der Waals surface area contributed by atoms with E-state index in [-0.39, 0.29) is 23.4 Å². The van der Waals surface area contributed by atoms with Crippen LogP contribution in [0.1, 0.15) is 93.6 Å². The van der Waals surface area contributed by atoms with Gasteiger partial charge in [-0.15, -0.1) is 0 Å². The Morgan fingerprint density at radius 3 is 2.70 bits per heavy atom. The van der Waals surface area contributed by atoms with Crippen LogP contribution < -0.4 is 9.47 Å². The summed E-state index contributed by atoms with van der Waals surface area (Å²) in [5.41, 5.74) is 5.83. The lowest BCUT2D eigenvalue weighted by molar-refractivity contribution is -0.142. The van der Waals surface area contributed by atoms with Gasteiger partial charge in [0.2, 0.25) is 5.88 Å². The van der Waals surface area contributed by atoms with Crippen molar-refractivity contribution in [2.24, 2.45) is 11.8 Å². The third-order valence-corrected chi connectivity index (χ3v) is 10.0. The van der Waals surface area contributed by atoms with Crippen LogP contribution in [0.15, 0.2) is 48.7 Å². The van der Waals surface area contributed by atoms with Gasteiger partial charge in [-0.3, -0.25) is 9.69 Å². The van der Waals surface area contributed by atoms with Crippen LogP contribution in [0.5, 0.6) is 11.6 Å². The monoisotopic (exact) mass is 586 g/mol. The van der Waals surface area contributed by atoms with Crippen LogP contribution in [0.3, 0.4) is 0 Å². The number of fused-ring (bicyclic) bond motifs is 1. The van der Waals surface area contributed by atoms with Crippen LogP contribution in [0.4, 0.5) is 4.39 Å². The van der Waals surface area contributed by atoms with Crippen molar-refractivity contribution in [3.05, 3.63) is 76.7 Å². The number of pyridine rings is 1. The molecule has 6 rings (SSSR count). The number of nitrogens with zero attached hydrogens (tertiary/aromatic N) is 2. The second-order valence-electron chi connectivity index (χ2n) is 13.3. The van der Waals surface area contributed by atoms with Gasteiger partial charge in [-0.25, -0.2) is 9.37 Å². The summed E-state index contributed by atoms with van der Waals surface area (Å²) >= 11 is 0. The standard InChI is InChI=1S/C36H43FN2O4/c1-22(35(40)41)34(24-8-9-24)26-10-7-23-12-14-31(43-32(23)18-26)28-13-11-25(29-19-33(42-4)38-20-30(29)37)17-27(28)21-39-16-6-5-15-36(39,2)3/h7,10-11,13,17-20,22,24,31,34H,5-6,8-9,12,14-16,21H2,1-4H3,(H,40,41)/t22-,31?,34?/m0/s1. The first kappa shape index (κ1) is 29.6. The van der Waals surface area contributed by atoms with Crippen LogP contribution in [0.25, 0.3) is 11.1 Å². The van der Waals surface area contributed by atoms with Crippen LogP contribution in [-0.4, -0.2) is 40.2 Å². The summed E-state index contributed by atoms with van der Waals surface area (Å²) in [6, 6.07) is 14.2. The Labute approximate surface area is 254 Å². The van der Waals surface area contributed by atoms with E-state index < -0.39 is 11.9 Å². The van der Waals surface area contributed by atoms with E-state index in [2.05, 4.69) is 54.1 Å². The molecule has 3 atom stereocenters. The Morgan fingerprint density at radius 2 is 1.98 bits per heavy atom. The van der Waals surface area contributed by atoms with Crippen molar-refractivity contribution < 1.29 is 23.8 Å². The Hall–Kier alpha value is -3.45. The Kier molecular flexibility index (Phi) is 8.20. The quantitative estimate of drug-likeness (QED) is 0.274. The van der Waals surface area contributed by atoms with Gasteiger partial charge in [-0.1, -0.05) is 37.6 Å². The van der Waals surface area contributed by atoms with Crippen molar-refractivity contribution in [1.29, 1.82) is 0 Å². The van der Waals surface area contributed by atoms with Crippen molar-refractivity contribution in [2.75, 3.05) is 13.7 Å². The first-order valence-corrected chi connectivity index (χ1v) is 15.7. The Balaban J connectivity index is 1.35. The average Bonchev–Trinajstić information content (AvgIpc) is 3.83. The van der Waals surface area contributed by atoms with E-state index in [1.165, 1.54) is 31.7 Å². The number of piperidine rings is 1. The van der Waals surface area contributed by atoms with E-state index in [0.717, 1.165) is 73.2 Å². The number of ether oxygens (including phenoxy) is 2. The molecule has 6 nitrogen and oxygen atoms in total. The van der Waals surface area contributed by atoms with Crippen LogP contribution in [0.2, 0.25) is 0 Å². The molecule has 7 heteroatoms. The minimum absolute atomic E-state index is 0.00444. The number of carboxylic acids is 1. The number of carboxylic acid groups (broad SMARTS) is 1. The molecule has 0 radical (unpaired) electrons. The summed E-state index contributed by atoms with van der Waals surface area (Å²) in [6.45, 7) is 8.23. The molecule has 3 aromatic rings. The van der Waals surface area contributed by atoms with E-state index in [4.69, 9.17) is 9.47 Å². The summed E-state index contributed by atoms with van der Waals surface area (Å²) in [7, 11) is 1.54. The van der Waals surface area contributed by atoms with Gasteiger partial charge in [-0.2, -0.15) is 0 Å². The maximum Gasteiger partial charge on any atom is 0.306 e. The molecule has 1 aromatic heterocycles. The van der Waals surface area contributed by atoms with Crippen molar-refractivity contribution in [3.8, 4) is 22.8 Å². The molecule has 2 aliphatic heterocycles. The SMILES string of the molecule is COc1cc(-c2ccc(C3CCc4ccc(C(C5CC5)[C@H](C)C(=O)O)cc4O3)c(CN3CCCCC3(C)C)c2)c(F)cn1. The number of hydrogen-bond acceptors (Lipinski definition) is 5. The van der Waals surface area contributed by atoms with Gasteiger partial charge < -0.3 is 14.6 Å². The molecule has 2 aromatic carbocycles. The predicted molar refractivity (Wildman–Crippen MR) is 165 cm³/mol. The first-order chi connectivity index (χ1) is 20.6. The molecule has 3 heterocycles. The van der Waals surface area contributed by atoms with E-state index >= 15 is 4.39 Å². The molecule has 3 aliphatic rings. The average molecular weight is 587 g/mol. The molecule has 0 spiro atoms. The third kappa shape index (κ3) is 6.14. The van der Waals surface area contributed by atoms with Crippen molar-refractivity contribution >= 4 is 5.97 Å². The van der Waals surface area contributed by atoms with Gasteiger partial charge in [-0.05, 0) is 111 Å². The van der Waals surface area contributed by atoms with Crippen molar-refractivity contribution in [3.63, 3.8) is 0 Å². The smallest absolute Gasteiger partial charge is 0.306 e. The normalized spacial score (nSPS) is 21.4. The molecule has 43 heavy (non-hydrogen) atoms. The fourth-order valence-electron chi connectivity index (χ4n) is 7.19. The number of methoxy groups -OCH3 is 1. The van der Waals surface area contributed by atoms with E-state index in [1.54, 1.807) is 6.07 Å². The van der Waals surface area contributed by atoms with E-state index in [1.807, 2.05) is 13.0 Å². The minimum Gasteiger partial charge on any atom is -0.485 e. The van der Waals surface area contributed by atoms with Crippen LogP contribution in [-0.2, 0) is 17.8 Å². The van der Waals surface area contributed by atoms with Gasteiger partial charge in [0.25, 0.3) is 0 Å². The molecule has 1 saturated heterocycles. The van der Waals surface area contributed by atoms with Gasteiger partial charge in [0.05, 0.1) is 19.2 Å². The molecule has 228 valence electrons. The van der Waals surface area contributed by atoms with Crippen LogP contribution in [0, 0.1) is 17.7 Å². The van der Waals surface area contributed by atoms with Gasteiger partial charge in [0.1, 0.15) is 17.7 Å². The summed E-state index contributed by atoms with van der Waals surface area (Å²) < 4.78 is 27.1. The van der Waals surface area contributed by atoms with Crippen LogP contribution >= 0.6 is 0 Å².